The van der Waals surface area contributed by atoms with Gasteiger partial charge in [0.25, 0.3) is 0 Å². The lowest BCUT2D eigenvalue weighted by atomic mass is 9.83. The van der Waals surface area contributed by atoms with Gasteiger partial charge in [-0.1, -0.05) is 18.2 Å². The molecule has 2 atom stereocenters. The van der Waals surface area contributed by atoms with E-state index in [-0.39, 0.29) is 18.1 Å². The molecule has 3 heterocycles. The van der Waals surface area contributed by atoms with Gasteiger partial charge in [0.2, 0.25) is 5.91 Å². The molecule has 2 aromatic rings. The summed E-state index contributed by atoms with van der Waals surface area (Å²) in [5.41, 5.74) is 0.489. The second-order valence-electron chi connectivity index (χ2n) is 7.85. The predicted molar refractivity (Wildman–Crippen MR) is 102 cm³/mol. The number of aryl methyl sites for hydroxylation is 1. The van der Waals surface area contributed by atoms with Crippen molar-refractivity contribution in [1.82, 2.24) is 9.80 Å². The minimum atomic E-state index is -0.293. The topological polar surface area (TPSA) is 36.7 Å². The number of halogens is 1. The molecule has 5 heteroatoms. The number of nitrogens with zero attached hydrogens (tertiary/aromatic N) is 2. The van der Waals surface area contributed by atoms with E-state index in [9.17, 15) is 9.18 Å². The van der Waals surface area contributed by atoms with Crippen molar-refractivity contribution in [2.24, 2.45) is 5.92 Å². The molecule has 1 aromatic heterocycles. The smallest absolute Gasteiger partial charge is 0.227 e. The first-order valence-corrected chi connectivity index (χ1v) is 9.90. The number of rotatable bonds is 4. The van der Waals surface area contributed by atoms with E-state index in [2.05, 4.69) is 11.0 Å². The van der Waals surface area contributed by atoms with Gasteiger partial charge < -0.3 is 9.32 Å². The van der Waals surface area contributed by atoms with Crippen LogP contribution in [-0.4, -0.2) is 41.4 Å². The van der Waals surface area contributed by atoms with Crippen molar-refractivity contribution < 1.29 is 13.6 Å². The van der Waals surface area contributed by atoms with E-state index in [0.29, 0.717) is 17.5 Å². The number of benzene rings is 1. The van der Waals surface area contributed by atoms with Crippen molar-refractivity contribution in [3.63, 3.8) is 0 Å². The average Bonchev–Trinajstić information content (AvgIpc) is 3.08. The summed E-state index contributed by atoms with van der Waals surface area (Å²) < 4.78 is 19.6. The van der Waals surface area contributed by atoms with Crippen molar-refractivity contribution >= 4 is 5.91 Å². The molecule has 2 saturated heterocycles. The van der Waals surface area contributed by atoms with Crippen LogP contribution < -0.4 is 0 Å². The quantitative estimate of drug-likeness (QED) is 0.822. The lowest BCUT2D eigenvalue weighted by Crippen LogP contribution is -2.55. The second kappa shape index (κ2) is 7.85. The van der Waals surface area contributed by atoms with Crippen LogP contribution >= 0.6 is 0 Å². The molecule has 0 radical (unpaired) electrons. The number of likely N-dealkylation sites (tertiary alicyclic amines) is 2. The summed E-state index contributed by atoms with van der Waals surface area (Å²) in [6, 6.07) is 11.1. The van der Waals surface area contributed by atoms with Crippen LogP contribution in [0.15, 0.2) is 40.8 Å². The first-order valence-electron chi connectivity index (χ1n) is 9.90. The maximum absolute atomic E-state index is 13.9. The fourth-order valence-electron chi connectivity index (χ4n) is 4.62. The summed E-state index contributed by atoms with van der Waals surface area (Å²) >= 11 is 0. The summed E-state index contributed by atoms with van der Waals surface area (Å²) in [5.74, 6) is 2.21. The normalized spacial score (nSPS) is 23.3. The number of furan rings is 1. The number of carbonyl (C=O) groups excluding carboxylic acids is 1. The number of hydrogen-bond donors (Lipinski definition) is 0. The Morgan fingerprint density at radius 2 is 2.04 bits per heavy atom. The van der Waals surface area contributed by atoms with E-state index in [1.54, 1.807) is 18.2 Å². The summed E-state index contributed by atoms with van der Waals surface area (Å²) in [5, 5.41) is 0. The van der Waals surface area contributed by atoms with E-state index >= 15 is 0 Å². The maximum atomic E-state index is 13.9. The molecule has 1 amide bonds. The Morgan fingerprint density at radius 3 is 2.81 bits per heavy atom. The molecule has 27 heavy (non-hydrogen) atoms. The molecule has 0 bridgehead atoms. The van der Waals surface area contributed by atoms with Crippen molar-refractivity contribution in [3.8, 4) is 0 Å². The van der Waals surface area contributed by atoms with Crippen LogP contribution in [0.2, 0.25) is 0 Å². The molecule has 0 N–H and O–H groups in total. The van der Waals surface area contributed by atoms with Gasteiger partial charge in [-0.3, -0.25) is 9.69 Å². The summed E-state index contributed by atoms with van der Waals surface area (Å²) in [4.78, 5) is 17.2. The number of piperidine rings is 2. The molecule has 0 spiro atoms. The Labute approximate surface area is 159 Å². The monoisotopic (exact) mass is 370 g/mol. The molecule has 0 aliphatic carbocycles. The zero-order valence-electron chi connectivity index (χ0n) is 15.9. The molecule has 144 valence electrons. The van der Waals surface area contributed by atoms with Gasteiger partial charge in [-0.2, -0.15) is 0 Å². The van der Waals surface area contributed by atoms with Crippen LogP contribution in [0.5, 0.6) is 0 Å². The Bertz CT molecular complexity index is 803. The van der Waals surface area contributed by atoms with Gasteiger partial charge in [-0.15, -0.1) is 0 Å². The maximum Gasteiger partial charge on any atom is 0.227 e. The zero-order valence-corrected chi connectivity index (χ0v) is 15.9. The molecule has 2 aliphatic heterocycles. The van der Waals surface area contributed by atoms with Crippen LogP contribution in [0.3, 0.4) is 0 Å². The third-order valence-electron chi connectivity index (χ3n) is 5.99. The molecule has 2 aliphatic rings. The van der Waals surface area contributed by atoms with Crippen molar-refractivity contribution in [2.45, 2.75) is 45.2 Å². The summed E-state index contributed by atoms with van der Waals surface area (Å²) in [7, 11) is 0. The molecule has 2 fully saturated rings. The molecule has 1 aromatic carbocycles. The third kappa shape index (κ3) is 4.08. The largest absolute Gasteiger partial charge is 0.465 e. The van der Waals surface area contributed by atoms with Gasteiger partial charge in [0.15, 0.2) is 0 Å². The van der Waals surface area contributed by atoms with Crippen LogP contribution in [0.1, 0.15) is 36.3 Å². The Morgan fingerprint density at radius 1 is 1.19 bits per heavy atom. The minimum Gasteiger partial charge on any atom is -0.465 e. The van der Waals surface area contributed by atoms with Gasteiger partial charge in [0.05, 0.1) is 13.0 Å². The van der Waals surface area contributed by atoms with Crippen molar-refractivity contribution in [1.29, 1.82) is 0 Å². The highest BCUT2D eigenvalue weighted by Crippen LogP contribution is 2.32. The minimum absolute atomic E-state index is 0.0392. The molecule has 0 saturated carbocycles. The fourth-order valence-corrected chi connectivity index (χ4v) is 4.62. The van der Waals surface area contributed by atoms with Gasteiger partial charge in [-0.25, -0.2) is 4.39 Å². The highest BCUT2D eigenvalue weighted by Gasteiger charge is 2.37. The number of carbonyl (C=O) groups is 1. The zero-order chi connectivity index (χ0) is 18.8. The van der Waals surface area contributed by atoms with Gasteiger partial charge >= 0.3 is 0 Å². The van der Waals surface area contributed by atoms with Gasteiger partial charge in [-0.05, 0) is 62.4 Å². The lowest BCUT2D eigenvalue weighted by Gasteiger charge is -2.47. The van der Waals surface area contributed by atoms with Crippen molar-refractivity contribution in [3.05, 3.63) is 59.3 Å². The molecule has 0 unspecified atom stereocenters. The van der Waals surface area contributed by atoms with E-state index in [0.717, 1.165) is 57.0 Å². The Kier molecular flexibility index (Phi) is 5.30. The lowest BCUT2D eigenvalue weighted by molar-refractivity contribution is -0.134. The van der Waals surface area contributed by atoms with Crippen LogP contribution in [0, 0.1) is 18.7 Å². The standard InChI is InChI=1S/C22H27FN2O2/c1-16-8-9-19(27-16)15-24-11-4-6-18-14-25(12-10-21(18)24)22(26)13-17-5-2-3-7-20(17)23/h2-3,5,7-9,18,21H,4,6,10-15H2,1H3/t18-,21+/m1/s1. The van der Waals surface area contributed by atoms with Gasteiger partial charge in [0.1, 0.15) is 17.3 Å². The average molecular weight is 370 g/mol. The molecular weight excluding hydrogens is 343 g/mol. The number of fused-ring (bicyclic) bond motifs is 1. The highest BCUT2D eigenvalue weighted by molar-refractivity contribution is 5.79. The number of hydrogen-bond acceptors (Lipinski definition) is 3. The van der Waals surface area contributed by atoms with E-state index in [4.69, 9.17) is 4.42 Å². The van der Waals surface area contributed by atoms with Crippen LogP contribution in [0.4, 0.5) is 4.39 Å². The molecule has 4 rings (SSSR count). The predicted octanol–water partition coefficient (Wildman–Crippen LogP) is 3.78. The van der Waals surface area contributed by atoms with E-state index in [1.807, 2.05) is 17.9 Å². The van der Waals surface area contributed by atoms with Crippen LogP contribution in [-0.2, 0) is 17.8 Å². The van der Waals surface area contributed by atoms with E-state index < -0.39 is 0 Å². The van der Waals surface area contributed by atoms with Crippen molar-refractivity contribution in [2.75, 3.05) is 19.6 Å². The fraction of sp³-hybridized carbons (Fsp3) is 0.500. The third-order valence-corrected chi connectivity index (χ3v) is 5.99. The summed E-state index contributed by atoms with van der Waals surface area (Å²) in [6.45, 7) is 5.44. The molecular formula is C22H27FN2O2. The highest BCUT2D eigenvalue weighted by atomic mass is 19.1. The SMILES string of the molecule is Cc1ccc(CN2CCC[C@@H]3CN(C(=O)Cc4ccccc4F)CC[C@@H]32)o1. The first-order chi connectivity index (χ1) is 13.1. The Hall–Kier alpha value is -2.14. The molecule has 4 nitrogen and oxygen atoms in total. The van der Waals surface area contributed by atoms with E-state index in [1.165, 1.54) is 6.07 Å². The first kappa shape index (κ1) is 18.2. The van der Waals surface area contributed by atoms with Crippen LogP contribution in [0.25, 0.3) is 0 Å². The van der Waals surface area contributed by atoms with Gasteiger partial charge in [0, 0.05) is 19.1 Å². The second-order valence-corrected chi connectivity index (χ2v) is 7.85. The summed E-state index contributed by atoms with van der Waals surface area (Å²) in [6.07, 6.45) is 3.44. The Balaban J connectivity index is 1.38. The number of amides is 1.